The van der Waals surface area contributed by atoms with E-state index in [2.05, 4.69) is 62.3 Å². The molecule has 216 valence electrons. The molecule has 6 fully saturated rings. The van der Waals surface area contributed by atoms with Crippen LogP contribution in [0.15, 0.2) is 14.4 Å². The zero-order valence-electron chi connectivity index (χ0n) is 25.9. The maximum atomic E-state index is 14.7. The quantitative estimate of drug-likeness (QED) is 0.452. The molecule has 1 aromatic heterocycles. The van der Waals surface area contributed by atoms with Crippen LogP contribution in [0.5, 0.6) is 0 Å². The fraction of sp³-hybridized carbons (Fsp3) is 0.909. The smallest absolute Gasteiger partial charge is 0.247 e. The Bertz CT molecular complexity index is 1240. The maximum absolute atomic E-state index is 14.7. The molecule has 7 rings (SSSR count). The predicted molar refractivity (Wildman–Crippen MR) is 154 cm³/mol. The Morgan fingerprint density at radius 1 is 0.462 bits per heavy atom. The first-order chi connectivity index (χ1) is 17.9. The van der Waals surface area contributed by atoms with Crippen LogP contribution in [0.4, 0.5) is 0 Å². The molecule has 0 N–H and O–H groups in total. The highest BCUT2D eigenvalue weighted by molar-refractivity contribution is 5.17. The lowest BCUT2D eigenvalue weighted by atomic mass is 9.68. The van der Waals surface area contributed by atoms with Gasteiger partial charge in [-0.15, -0.1) is 0 Å². The number of fused-ring (bicyclic) bond motifs is 6. The Labute approximate surface area is 233 Å². The van der Waals surface area contributed by atoms with Crippen molar-refractivity contribution in [3.63, 3.8) is 0 Å². The molecular formula is C33H51N3O3. The summed E-state index contributed by atoms with van der Waals surface area (Å²) in [6.45, 7) is 20.9. The molecule has 6 unspecified atom stereocenters. The Balaban J connectivity index is 1.49. The van der Waals surface area contributed by atoms with Gasteiger partial charge in [-0.2, -0.15) is 0 Å². The number of rotatable bonds is 3. The van der Waals surface area contributed by atoms with Crippen molar-refractivity contribution in [1.82, 2.24) is 13.7 Å². The van der Waals surface area contributed by atoms with Gasteiger partial charge in [0.2, 0.25) is 0 Å². The van der Waals surface area contributed by atoms with Gasteiger partial charge in [0.05, 0.1) is 0 Å². The van der Waals surface area contributed by atoms with Gasteiger partial charge >= 0.3 is 17.1 Å². The summed E-state index contributed by atoms with van der Waals surface area (Å²) in [4.78, 5) is 44.1. The minimum Gasteiger partial charge on any atom is -0.247 e. The lowest BCUT2D eigenvalue weighted by Gasteiger charge is -2.43. The zero-order valence-corrected chi connectivity index (χ0v) is 25.9. The molecule has 1 aromatic rings. The van der Waals surface area contributed by atoms with E-state index in [-0.39, 0.29) is 67.7 Å². The lowest BCUT2D eigenvalue weighted by Crippen LogP contribution is -2.61. The summed E-state index contributed by atoms with van der Waals surface area (Å²) in [5.74, 6) is 1.52. The Morgan fingerprint density at radius 2 is 0.692 bits per heavy atom. The minimum atomic E-state index is -0.321. The number of aromatic nitrogens is 3. The van der Waals surface area contributed by atoms with Crippen LogP contribution in [0.2, 0.25) is 0 Å². The first-order valence-electron chi connectivity index (χ1n) is 15.9. The molecule has 0 saturated heterocycles. The second kappa shape index (κ2) is 7.24. The highest BCUT2D eigenvalue weighted by Crippen LogP contribution is 2.72. The molecule has 6 nitrogen and oxygen atoms in total. The maximum Gasteiger partial charge on any atom is 0.336 e. The van der Waals surface area contributed by atoms with Crippen molar-refractivity contribution in [3.8, 4) is 0 Å². The molecule has 0 spiro atoms. The second-order valence-electron chi connectivity index (χ2n) is 17.3. The minimum absolute atomic E-state index is 0.0656. The average Bonchev–Trinajstić information content (AvgIpc) is 3.49. The standard InChI is InChI=1S/C33H51N3O3/c1-28(2)19-10-13-31(28,7)22(16-19)34-25(37)35(23-17-20-11-14-32(23,8)29(20,3)4)27(39)36(26(34)38)24-18-21-12-15-33(24,9)30(21,5)6/h19-24H,10-18H2,1-9H3/t19?,20?,21?,22-,23-,24-,31?,32?,33?/m1/s1. The van der Waals surface area contributed by atoms with E-state index < -0.39 is 0 Å². The summed E-state index contributed by atoms with van der Waals surface area (Å²) in [6, 6.07) is -0.450. The van der Waals surface area contributed by atoms with Crippen LogP contribution in [0.3, 0.4) is 0 Å². The fourth-order valence-electron chi connectivity index (χ4n) is 12.0. The molecule has 6 bridgehead atoms. The van der Waals surface area contributed by atoms with Crippen molar-refractivity contribution in [2.75, 3.05) is 0 Å². The fourth-order valence-corrected chi connectivity index (χ4v) is 12.0. The molecule has 6 aliphatic carbocycles. The third kappa shape index (κ3) is 2.66. The molecule has 9 atom stereocenters. The highest BCUT2D eigenvalue weighted by atomic mass is 16.2. The van der Waals surface area contributed by atoms with Gasteiger partial charge in [-0.1, -0.05) is 62.3 Å². The van der Waals surface area contributed by atoms with Crippen molar-refractivity contribution < 1.29 is 0 Å². The van der Waals surface area contributed by atoms with Crippen molar-refractivity contribution >= 4 is 0 Å². The monoisotopic (exact) mass is 537 g/mol. The van der Waals surface area contributed by atoms with E-state index in [1.165, 1.54) is 0 Å². The first-order valence-corrected chi connectivity index (χ1v) is 15.9. The largest absolute Gasteiger partial charge is 0.336 e. The molecular weight excluding hydrogens is 486 g/mol. The summed E-state index contributed by atoms with van der Waals surface area (Å²) in [6.07, 6.45) is 9.18. The van der Waals surface area contributed by atoms with Crippen molar-refractivity contribution in [3.05, 3.63) is 31.5 Å². The van der Waals surface area contributed by atoms with Gasteiger partial charge in [-0.25, -0.2) is 28.1 Å². The SMILES string of the molecule is CC1(C)C2CCC1(C)[C@H](n1c(=O)n([C@@H]3CC4CCC3(C)C4(C)C)c(=O)n([C@@H]3CC4CCC3(C)C4(C)C)c1=O)C2. The Morgan fingerprint density at radius 3 is 0.846 bits per heavy atom. The van der Waals surface area contributed by atoms with Gasteiger partial charge in [0, 0.05) is 18.1 Å². The van der Waals surface area contributed by atoms with E-state index in [1.54, 1.807) is 13.7 Å². The highest BCUT2D eigenvalue weighted by Gasteiger charge is 2.66. The van der Waals surface area contributed by atoms with E-state index >= 15 is 0 Å². The van der Waals surface area contributed by atoms with Crippen LogP contribution in [0.1, 0.15) is 138 Å². The molecule has 39 heavy (non-hydrogen) atoms. The molecule has 0 amide bonds. The molecule has 0 aliphatic heterocycles. The Hall–Kier alpha value is -1.59. The third-order valence-electron chi connectivity index (χ3n) is 16.4. The van der Waals surface area contributed by atoms with Crippen LogP contribution >= 0.6 is 0 Å². The van der Waals surface area contributed by atoms with Crippen molar-refractivity contribution in [1.29, 1.82) is 0 Å². The normalized spacial score (nSPS) is 47.9. The Kier molecular flexibility index (Phi) is 4.89. The van der Waals surface area contributed by atoms with E-state index in [0.29, 0.717) is 17.8 Å². The van der Waals surface area contributed by atoms with Gasteiger partial charge in [0.1, 0.15) is 0 Å². The van der Waals surface area contributed by atoms with E-state index in [9.17, 15) is 14.4 Å². The van der Waals surface area contributed by atoms with Gasteiger partial charge in [-0.05, 0) is 108 Å². The second-order valence-corrected chi connectivity index (χ2v) is 17.3. The number of hydrogen-bond donors (Lipinski definition) is 0. The van der Waals surface area contributed by atoms with Gasteiger partial charge in [0.15, 0.2) is 0 Å². The van der Waals surface area contributed by atoms with Crippen molar-refractivity contribution in [2.45, 2.75) is 138 Å². The van der Waals surface area contributed by atoms with Crippen LogP contribution in [0, 0.1) is 50.2 Å². The first kappa shape index (κ1) is 26.3. The summed E-state index contributed by atoms with van der Waals surface area (Å²) >= 11 is 0. The van der Waals surface area contributed by atoms with Gasteiger partial charge in [-0.3, -0.25) is 0 Å². The van der Waals surface area contributed by atoms with Crippen LogP contribution in [-0.2, 0) is 0 Å². The summed E-state index contributed by atoms with van der Waals surface area (Å²) in [5.41, 5.74) is -1.15. The van der Waals surface area contributed by atoms with Crippen LogP contribution < -0.4 is 17.1 Å². The zero-order chi connectivity index (χ0) is 28.3. The van der Waals surface area contributed by atoms with E-state index in [0.717, 1.165) is 57.8 Å². The molecule has 1 heterocycles. The number of nitrogens with zero attached hydrogens (tertiary/aromatic N) is 3. The molecule has 6 saturated carbocycles. The van der Waals surface area contributed by atoms with E-state index in [4.69, 9.17) is 0 Å². The topological polar surface area (TPSA) is 66.0 Å². The van der Waals surface area contributed by atoms with Crippen LogP contribution in [-0.4, -0.2) is 13.7 Å². The summed E-state index contributed by atoms with van der Waals surface area (Å²) in [5, 5.41) is 0. The predicted octanol–water partition coefficient (Wildman–Crippen LogP) is 6.33. The lowest BCUT2D eigenvalue weighted by molar-refractivity contribution is 0.0722. The number of hydrogen-bond acceptors (Lipinski definition) is 3. The van der Waals surface area contributed by atoms with E-state index in [1.807, 2.05) is 0 Å². The van der Waals surface area contributed by atoms with Crippen LogP contribution in [0.25, 0.3) is 0 Å². The molecule has 0 radical (unpaired) electrons. The molecule has 6 heteroatoms. The average molecular weight is 538 g/mol. The summed E-state index contributed by atoms with van der Waals surface area (Å²) in [7, 11) is 0. The molecule has 6 aliphatic rings. The molecule has 0 aromatic carbocycles. The van der Waals surface area contributed by atoms with Gasteiger partial charge < -0.3 is 0 Å². The van der Waals surface area contributed by atoms with Gasteiger partial charge in [0.25, 0.3) is 0 Å². The summed E-state index contributed by atoms with van der Waals surface area (Å²) < 4.78 is 4.90. The van der Waals surface area contributed by atoms with Crippen molar-refractivity contribution in [2.24, 2.45) is 50.2 Å². The third-order valence-corrected chi connectivity index (χ3v) is 16.4.